The summed E-state index contributed by atoms with van der Waals surface area (Å²) in [5.74, 6) is 0.783. The average Bonchev–Trinajstić information content (AvgIpc) is 2.91. The number of esters is 2. The van der Waals surface area contributed by atoms with Gasteiger partial charge in [0, 0.05) is 17.8 Å². The van der Waals surface area contributed by atoms with Crippen molar-refractivity contribution in [3.05, 3.63) is 100 Å². The number of rotatable bonds is 6. The largest absolute Gasteiger partial charge is 0.465 e. The molecule has 4 aliphatic carbocycles. The molecule has 0 N–H and O–H groups in total. The van der Waals surface area contributed by atoms with E-state index in [1.807, 2.05) is 12.1 Å². The van der Waals surface area contributed by atoms with Gasteiger partial charge < -0.3 is 9.47 Å². The van der Waals surface area contributed by atoms with Gasteiger partial charge in [-0.05, 0) is 71.6 Å². The lowest BCUT2D eigenvalue weighted by molar-refractivity contribution is -0.148. The normalized spacial score (nSPS) is 21.4. The van der Waals surface area contributed by atoms with Gasteiger partial charge in [-0.2, -0.15) is 0 Å². The summed E-state index contributed by atoms with van der Waals surface area (Å²) < 4.78 is 11.3. The van der Waals surface area contributed by atoms with Gasteiger partial charge >= 0.3 is 11.9 Å². The van der Waals surface area contributed by atoms with Crippen molar-refractivity contribution < 1.29 is 19.1 Å². The highest BCUT2D eigenvalue weighted by Crippen LogP contribution is 2.55. The Morgan fingerprint density at radius 2 is 1.40 bits per heavy atom. The second-order valence-electron chi connectivity index (χ2n) is 10.0. The van der Waals surface area contributed by atoms with E-state index in [0.29, 0.717) is 18.3 Å². The maximum atomic E-state index is 12.5. The number of ether oxygens (including phenoxy) is 2. The van der Waals surface area contributed by atoms with Gasteiger partial charge in [0.05, 0.1) is 19.4 Å². The molecule has 178 valence electrons. The Morgan fingerprint density at radius 1 is 0.743 bits per heavy atom. The minimum atomic E-state index is -0.375. The first-order chi connectivity index (χ1) is 17.2. The van der Waals surface area contributed by atoms with Crippen molar-refractivity contribution in [3.63, 3.8) is 0 Å². The van der Waals surface area contributed by atoms with Crippen LogP contribution in [0, 0.1) is 5.92 Å². The van der Waals surface area contributed by atoms with Crippen molar-refractivity contribution >= 4 is 11.9 Å². The van der Waals surface area contributed by atoms with E-state index in [-0.39, 0.29) is 36.6 Å². The lowest BCUT2D eigenvalue weighted by Gasteiger charge is -2.45. The molecule has 4 heteroatoms. The Balaban J connectivity index is 1.06. The molecular formula is C31H30O4. The molecule has 3 aromatic rings. The van der Waals surface area contributed by atoms with E-state index in [2.05, 4.69) is 54.6 Å². The van der Waals surface area contributed by atoms with E-state index in [1.165, 1.54) is 34.2 Å². The van der Waals surface area contributed by atoms with E-state index in [4.69, 9.17) is 9.47 Å². The number of hydrogen-bond donors (Lipinski definition) is 0. The Bertz CT molecular complexity index is 1230. The second kappa shape index (κ2) is 9.33. The van der Waals surface area contributed by atoms with Crippen molar-refractivity contribution in [1.82, 2.24) is 0 Å². The van der Waals surface area contributed by atoms with Gasteiger partial charge in [-0.1, -0.05) is 60.7 Å². The number of carbonyl (C=O) groups excluding carboxylic acids is 2. The summed E-state index contributed by atoms with van der Waals surface area (Å²) in [5.41, 5.74) is 7.94. The number of hydrogen-bond acceptors (Lipinski definition) is 4. The van der Waals surface area contributed by atoms with Gasteiger partial charge in [0.15, 0.2) is 0 Å². The number of benzene rings is 3. The van der Waals surface area contributed by atoms with Crippen LogP contribution in [0.1, 0.15) is 77.3 Å². The van der Waals surface area contributed by atoms with Crippen LogP contribution in [0.4, 0.5) is 0 Å². The fraction of sp³-hybridized carbons (Fsp3) is 0.355. The molecule has 0 amide bonds. The maximum Gasteiger partial charge on any atom is 0.311 e. The summed E-state index contributed by atoms with van der Waals surface area (Å²) in [6, 6.07) is 23.2. The van der Waals surface area contributed by atoms with E-state index >= 15 is 0 Å². The topological polar surface area (TPSA) is 52.6 Å². The molecule has 2 bridgehead atoms. The molecular weight excluding hydrogens is 436 g/mol. The third kappa shape index (κ3) is 4.16. The summed E-state index contributed by atoms with van der Waals surface area (Å²) in [7, 11) is 0. The molecule has 1 atom stereocenters. The van der Waals surface area contributed by atoms with Crippen LogP contribution in [-0.2, 0) is 27.2 Å². The fourth-order valence-electron chi connectivity index (χ4n) is 6.41. The Labute approximate surface area is 206 Å². The van der Waals surface area contributed by atoms with Crippen molar-refractivity contribution in [2.24, 2.45) is 5.92 Å². The van der Waals surface area contributed by atoms with Crippen LogP contribution in [0.5, 0.6) is 5.75 Å². The van der Waals surface area contributed by atoms with Crippen LogP contribution >= 0.6 is 0 Å². The molecule has 0 aromatic heterocycles. The van der Waals surface area contributed by atoms with Gasteiger partial charge in [0.25, 0.3) is 0 Å². The number of fused-ring (bicyclic) bond motifs is 2. The summed E-state index contributed by atoms with van der Waals surface area (Å²) in [4.78, 5) is 25.0. The second-order valence-corrected chi connectivity index (χ2v) is 10.0. The Kier molecular flexibility index (Phi) is 5.89. The highest BCUT2D eigenvalue weighted by molar-refractivity contribution is 5.79. The van der Waals surface area contributed by atoms with Crippen LogP contribution in [0.25, 0.3) is 0 Å². The van der Waals surface area contributed by atoms with Crippen LogP contribution in [0.15, 0.2) is 66.7 Å². The van der Waals surface area contributed by atoms with Gasteiger partial charge in [-0.25, -0.2) is 0 Å². The van der Waals surface area contributed by atoms with Crippen molar-refractivity contribution in [3.8, 4) is 5.75 Å². The number of carbonyl (C=O) groups is 2. The average molecular weight is 467 g/mol. The van der Waals surface area contributed by atoms with Crippen molar-refractivity contribution in [2.45, 2.75) is 56.8 Å². The zero-order valence-corrected chi connectivity index (χ0v) is 19.9. The Hall–Kier alpha value is -3.40. The molecule has 35 heavy (non-hydrogen) atoms. The molecule has 4 aliphatic rings. The molecule has 4 nitrogen and oxygen atoms in total. The fourth-order valence-corrected chi connectivity index (χ4v) is 6.41. The minimum absolute atomic E-state index is 0.0326. The standard InChI is InChI=1S/C31H30O4/c32-29(16-17-30(33)35-28-15-7-9-20-8-1-2-10-22(20)28)34-19-21-18-27-23-11-3-5-13-25(23)31(21)26-14-6-4-12-24(26)27/h3-7,9,11-15,21,27,31H,1-2,8,10,16-19H2. The first kappa shape index (κ1) is 22.1. The molecule has 0 saturated carbocycles. The molecule has 7 rings (SSSR count). The zero-order chi connectivity index (χ0) is 23.8. The molecule has 1 unspecified atom stereocenters. The van der Waals surface area contributed by atoms with Crippen LogP contribution in [0.3, 0.4) is 0 Å². The molecule has 3 aromatic carbocycles. The minimum Gasteiger partial charge on any atom is -0.465 e. The molecule has 0 spiro atoms. The van der Waals surface area contributed by atoms with E-state index in [0.717, 1.165) is 31.2 Å². The third-order valence-corrected chi connectivity index (χ3v) is 7.99. The van der Waals surface area contributed by atoms with E-state index in [9.17, 15) is 9.59 Å². The van der Waals surface area contributed by atoms with Crippen LogP contribution < -0.4 is 4.74 Å². The lowest BCUT2D eigenvalue weighted by Crippen LogP contribution is -2.35. The first-order valence-corrected chi connectivity index (χ1v) is 12.8. The first-order valence-electron chi connectivity index (χ1n) is 12.8. The lowest BCUT2D eigenvalue weighted by atomic mass is 9.59. The molecule has 0 saturated heterocycles. The summed E-state index contributed by atoms with van der Waals surface area (Å²) in [5, 5.41) is 0. The van der Waals surface area contributed by atoms with Crippen LogP contribution in [-0.4, -0.2) is 18.5 Å². The van der Waals surface area contributed by atoms with Crippen molar-refractivity contribution in [1.29, 1.82) is 0 Å². The molecule has 0 aliphatic heterocycles. The summed E-state index contributed by atoms with van der Waals surface area (Å²) >= 11 is 0. The smallest absolute Gasteiger partial charge is 0.311 e. The van der Waals surface area contributed by atoms with Gasteiger partial charge in [-0.15, -0.1) is 0 Å². The highest BCUT2D eigenvalue weighted by Gasteiger charge is 2.43. The van der Waals surface area contributed by atoms with E-state index in [1.54, 1.807) is 0 Å². The van der Waals surface area contributed by atoms with E-state index < -0.39 is 0 Å². The molecule has 0 radical (unpaired) electrons. The zero-order valence-electron chi connectivity index (χ0n) is 19.9. The highest BCUT2D eigenvalue weighted by atomic mass is 16.5. The number of aryl methyl sites for hydroxylation is 1. The van der Waals surface area contributed by atoms with Gasteiger partial charge in [0.1, 0.15) is 5.75 Å². The third-order valence-electron chi connectivity index (χ3n) is 7.99. The summed E-state index contributed by atoms with van der Waals surface area (Å²) in [6.07, 6.45) is 5.32. The predicted octanol–water partition coefficient (Wildman–Crippen LogP) is 6.09. The SMILES string of the molecule is O=C(CCC(=O)Oc1cccc2c1CCCC2)OCC1CC2c3ccccc3C1c1ccccc12. The monoisotopic (exact) mass is 466 g/mol. The van der Waals surface area contributed by atoms with Crippen LogP contribution in [0.2, 0.25) is 0 Å². The molecule has 0 fully saturated rings. The summed E-state index contributed by atoms with van der Waals surface area (Å²) in [6.45, 7) is 0.379. The predicted molar refractivity (Wildman–Crippen MR) is 134 cm³/mol. The Morgan fingerprint density at radius 3 is 2.14 bits per heavy atom. The van der Waals surface area contributed by atoms with Gasteiger partial charge in [0.2, 0.25) is 0 Å². The van der Waals surface area contributed by atoms with Crippen molar-refractivity contribution in [2.75, 3.05) is 6.61 Å². The molecule has 0 heterocycles. The maximum absolute atomic E-state index is 12.5. The van der Waals surface area contributed by atoms with Gasteiger partial charge in [-0.3, -0.25) is 9.59 Å². The quantitative estimate of drug-likeness (QED) is 0.326.